The molecule has 4 aromatic rings. The number of primary sulfonamides is 1. The molecule has 0 unspecified atom stereocenters. The van der Waals surface area contributed by atoms with Crippen LogP contribution in [-0.2, 0) is 29.7 Å². The van der Waals surface area contributed by atoms with Crippen molar-refractivity contribution in [2.75, 3.05) is 0 Å². The van der Waals surface area contributed by atoms with E-state index in [1.807, 2.05) is 19.1 Å². The number of aromatic nitrogens is 5. The predicted octanol–water partition coefficient (Wildman–Crippen LogP) is 3.05. The smallest absolute Gasteiger partial charge is 0.267 e. The van der Waals surface area contributed by atoms with Gasteiger partial charge in [-0.15, -0.1) is 0 Å². The lowest BCUT2D eigenvalue weighted by Gasteiger charge is -2.10. The van der Waals surface area contributed by atoms with Crippen LogP contribution in [0.5, 0.6) is 0 Å². The van der Waals surface area contributed by atoms with E-state index in [-0.39, 0.29) is 16.4 Å². The Balaban J connectivity index is 1.98. The van der Waals surface area contributed by atoms with Crippen molar-refractivity contribution >= 4 is 20.9 Å². The Labute approximate surface area is 175 Å². The number of hydrogen-bond donors (Lipinski definition) is 1. The van der Waals surface area contributed by atoms with Gasteiger partial charge in [-0.2, -0.15) is 23.4 Å². The Morgan fingerprint density at radius 1 is 1.13 bits per heavy atom. The highest BCUT2D eigenvalue weighted by molar-refractivity contribution is 7.89. The van der Waals surface area contributed by atoms with Gasteiger partial charge < -0.3 is 0 Å². The molecule has 12 heteroatoms. The van der Waals surface area contributed by atoms with Gasteiger partial charge in [0.25, 0.3) is 0 Å². The lowest BCUT2D eigenvalue weighted by molar-refractivity contribution is -0.137. The van der Waals surface area contributed by atoms with Crippen LogP contribution >= 0.6 is 0 Å². The lowest BCUT2D eigenvalue weighted by Crippen LogP contribution is -2.13. The van der Waals surface area contributed by atoms with Crippen molar-refractivity contribution in [1.82, 2.24) is 24.5 Å². The number of nitrogens with two attached hydrogens (primary N) is 1. The number of benzene rings is 1. The van der Waals surface area contributed by atoms with Gasteiger partial charge in [0.15, 0.2) is 5.82 Å². The molecule has 0 aliphatic carbocycles. The van der Waals surface area contributed by atoms with E-state index in [1.54, 1.807) is 17.9 Å². The van der Waals surface area contributed by atoms with Crippen molar-refractivity contribution < 1.29 is 21.6 Å². The van der Waals surface area contributed by atoms with E-state index in [1.165, 1.54) is 0 Å². The maximum Gasteiger partial charge on any atom is 0.417 e. The molecule has 8 nitrogen and oxygen atoms in total. The summed E-state index contributed by atoms with van der Waals surface area (Å²) in [5.41, 5.74) is 1.16. The summed E-state index contributed by atoms with van der Waals surface area (Å²) in [5, 5.41) is 14.8. The summed E-state index contributed by atoms with van der Waals surface area (Å²) < 4.78 is 65.9. The topological polar surface area (TPSA) is 109 Å². The number of nitrogens with zero attached hydrogens (tertiary/aromatic N) is 5. The molecule has 0 fully saturated rings. The summed E-state index contributed by atoms with van der Waals surface area (Å²) in [6.45, 7) is 1.91. The van der Waals surface area contributed by atoms with Crippen molar-refractivity contribution in [3.05, 3.63) is 54.0 Å². The highest BCUT2D eigenvalue weighted by atomic mass is 32.2. The minimum atomic E-state index is -4.54. The van der Waals surface area contributed by atoms with E-state index in [0.717, 1.165) is 34.0 Å². The second kappa shape index (κ2) is 7.17. The molecule has 0 amide bonds. The third kappa shape index (κ3) is 3.68. The molecule has 3 heterocycles. The highest BCUT2D eigenvalue weighted by Gasteiger charge is 2.31. The van der Waals surface area contributed by atoms with Crippen LogP contribution < -0.4 is 5.14 Å². The number of sulfonamides is 1. The van der Waals surface area contributed by atoms with E-state index >= 15 is 0 Å². The molecule has 0 atom stereocenters. The molecule has 0 bridgehead atoms. The third-order valence-corrected chi connectivity index (χ3v) is 5.82. The number of pyridine rings is 1. The van der Waals surface area contributed by atoms with Crippen LogP contribution in [0, 0.1) is 0 Å². The summed E-state index contributed by atoms with van der Waals surface area (Å²) in [6, 6.07) is 5.68. The number of alkyl halides is 3. The molecule has 162 valence electrons. The first-order valence-electron chi connectivity index (χ1n) is 9.10. The van der Waals surface area contributed by atoms with Crippen LogP contribution in [0.15, 0.2) is 47.8 Å². The summed E-state index contributed by atoms with van der Waals surface area (Å²) >= 11 is 0. The molecule has 0 aliphatic rings. The van der Waals surface area contributed by atoms with E-state index in [4.69, 9.17) is 5.14 Å². The Hall–Kier alpha value is -3.25. The van der Waals surface area contributed by atoms with Crippen molar-refractivity contribution in [2.24, 2.45) is 12.2 Å². The molecule has 0 spiro atoms. The molecule has 0 saturated carbocycles. The molecular weight excluding hydrogens is 433 g/mol. The minimum Gasteiger partial charge on any atom is -0.267 e. The molecule has 31 heavy (non-hydrogen) atoms. The van der Waals surface area contributed by atoms with Crippen LogP contribution in [0.1, 0.15) is 18.1 Å². The van der Waals surface area contributed by atoms with Gasteiger partial charge in [0.1, 0.15) is 10.6 Å². The zero-order valence-corrected chi connectivity index (χ0v) is 17.2. The number of hydrogen-bond acceptors (Lipinski definition) is 5. The molecule has 4 rings (SSSR count). The Morgan fingerprint density at radius 2 is 1.87 bits per heavy atom. The lowest BCUT2D eigenvalue weighted by atomic mass is 9.99. The average molecular weight is 450 g/mol. The fraction of sp³-hybridized carbons (Fsp3) is 0.211. The largest absolute Gasteiger partial charge is 0.417 e. The van der Waals surface area contributed by atoms with E-state index < -0.39 is 21.8 Å². The third-order valence-electron chi connectivity index (χ3n) is 4.90. The molecule has 3 aromatic heterocycles. The second-order valence-electron chi connectivity index (χ2n) is 6.89. The maximum atomic E-state index is 12.8. The van der Waals surface area contributed by atoms with Crippen LogP contribution in [0.3, 0.4) is 0 Å². The first-order valence-corrected chi connectivity index (χ1v) is 10.7. The van der Waals surface area contributed by atoms with Gasteiger partial charge in [0.05, 0.1) is 23.5 Å². The van der Waals surface area contributed by atoms with E-state index in [0.29, 0.717) is 23.7 Å². The summed E-state index contributed by atoms with van der Waals surface area (Å²) in [7, 11) is -2.49. The molecule has 0 radical (unpaired) electrons. The SMILES string of the molecule is CCc1ccc2cnn(C)c2c1-c1nn(-c2ccc(C(F)(F)F)cn2)cc1S(N)(=O)=O. The second-order valence-corrected chi connectivity index (χ2v) is 8.42. The zero-order valence-electron chi connectivity index (χ0n) is 16.4. The van der Waals surface area contributed by atoms with Crippen molar-refractivity contribution in [1.29, 1.82) is 0 Å². The van der Waals surface area contributed by atoms with Gasteiger partial charge in [0.2, 0.25) is 10.0 Å². The zero-order chi connectivity index (χ0) is 22.6. The Bertz CT molecular complexity index is 1390. The summed E-state index contributed by atoms with van der Waals surface area (Å²) in [4.78, 5) is 3.52. The Morgan fingerprint density at radius 3 is 2.45 bits per heavy atom. The van der Waals surface area contributed by atoms with Gasteiger partial charge in [-0.05, 0) is 24.1 Å². The standard InChI is InChI=1S/C19H17F3N6O2S/c1-3-11-4-5-12-8-25-27(2)18(12)16(11)17-14(31(23,29)30)10-28(26-17)15-7-6-13(9-24-15)19(20,21)22/h4-10H,3H2,1-2H3,(H2,23,29,30). The maximum absolute atomic E-state index is 12.8. The van der Waals surface area contributed by atoms with Crippen LogP contribution in [-0.4, -0.2) is 33.0 Å². The minimum absolute atomic E-state index is 0.0133. The summed E-state index contributed by atoms with van der Waals surface area (Å²) in [6.07, 6.45) is -0.519. The van der Waals surface area contributed by atoms with E-state index in [9.17, 15) is 21.6 Å². The number of halogens is 3. The first kappa shape index (κ1) is 21.0. The highest BCUT2D eigenvalue weighted by Crippen LogP contribution is 2.35. The Kier molecular flexibility index (Phi) is 4.85. The summed E-state index contributed by atoms with van der Waals surface area (Å²) in [5.74, 6) is 0.0133. The van der Waals surface area contributed by atoms with Gasteiger partial charge in [-0.3, -0.25) is 4.68 Å². The fourth-order valence-corrected chi connectivity index (χ4v) is 4.07. The molecule has 1 aromatic carbocycles. The van der Waals surface area contributed by atoms with Gasteiger partial charge in [-0.25, -0.2) is 23.2 Å². The fourth-order valence-electron chi connectivity index (χ4n) is 3.41. The van der Waals surface area contributed by atoms with Crippen LogP contribution in [0.25, 0.3) is 28.0 Å². The van der Waals surface area contributed by atoms with Crippen LogP contribution in [0.4, 0.5) is 13.2 Å². The normalized spacial score (nSPS) is 12.6. The van der Waals surface area contributed by atoms with Crippen molar-refractivity contribution in [3.8, 4) is 17.1 Å². The first-order chi connectivity index (χ1) is 14.5. The molecule has 2 N–H and O–H groups in total. The quantitative estimate of drug-likeness (QED) is 0.514. The molecular formula is C19H17F3N6O2S. The van der Waals surface area contributed by atoms with E-state index in [2.05, 4.69) is 15.2 Å². The average Bonchev–Trinajstić information content (AvgIpc) is 3.31. The van der Waals surface area contributed by atoms with Gasteiger partial charge in [0, 0.05) is 24.2 Å². The predicted molar refractivity (Wildman–Crippen MR) is 107 cm³/mol. The number of aryl methyl sites for hydroxylation is 2. The molecule has 0 aliphatic heterocycles. The number of rotatable bonds is 4. The van der Waals surface area contributed by atoms with Crippen molar-refractivity contribution in [2.45, 2.75) is 24.4 Å². The van der Waals surface area contributed by atoms with Gasteiger partial charge >= 0.3 is 6.18 Å². The number of fused-ring (bicyclic) bond motifs is 1. The van der Waals surface area contributed by atoms with Gasteiger partial charge in [-0.1, -0.05) is 19.1 Å². The monoisotopic (exact) mass is 450 g/mol. The van der Waals surface area contributed by atoms with Crippen LogP contribution in [0.2, 0.25) is 0 Å². The molecule has 0 saturated heterocycles. The van der Waals surface area contributed by atoms with Crippen molar-refractivity contribution in [3.63, 3.8) is 0 Å².